The van der Waals surface area contributed by atoms with Crippen LogP contribution in [-0.2, 0) is 16.1 Å². The van der Waals surface area contributed by atoms with E-state index < -0.39 is 36.2 Å². The van der Waals surface area contributed by atoms with Crippen molar-refractivity contribution >= 4 is 17.8 Å². The molecule has 1 aromatic carbocycles. The van der Waals surface area contributed by atoms with Gasteiger partial charge in [0.25, 0.3) is 11.6 Å². The molecule has 1 aliphatic carbocycles. The van der Waals surface area contributed by atoms with Gasteiger partial charge in [-0.1, -0.05) is 44.2 Å². The van der Waals surface area contributed by atoms with Gasteiger partial charge in [0.15, 0.2) is 11.5 Å². The number of rotatable bonds is 8. The van der Waals surface area contributed by atoms with E-state index in [1.807, 2.05) is 0 Å². The van der Waals surface area contributed by atoms with Gasteiger partial charge in [-0.25, -0.2) is 4.79 Å². The Hall–Kier alpha value is -2.98. The van der Waals surface area contributed by atoms with Crippen molar-refractivity contribution in [2.24, 2.45) is 5.92 Å². The fourth-order valence-corrected chi connectivity index (χ4v) is 4.40. The zero-order valence-corrected chi connectivity index (χ0v) is 18.6. The zero-order valence-electron chi connectivity index (χ0n) is 18.6. The summed E-state index contributed by atoms with van der Waals surface area (Å²) in [4.78, 5) is 38.2. The molecule has 182 valence electrons. The fraction of sp³-hybridized carbons (Fsp3) is 0.591. The van der Waals surface area contributed by atoms with Crippen molar-refractivity contribution in [3.8, 4) is 11.5 Å². The number of nitrogens with one attached hydrogen (secondary N) is 2. The lowest BCUT2D eigenvalue weighted by Crippen LogP contribution is -2.69. The molecule has 2 aliphatic rings. The monoisotopic (exact) mass is 471 g/mol. The van der Waals surface area contributed by atoms with Gasteiger partial charge >= 0.3 is 12.2 Å². The Balaban J connectivity index is 1.79. The first-order valence-electron chi connectivity index (χ1n) is 10.8. The van der Waals surface area contributed by atoms with Crippen LogP contribution in [0.1, 0.15) is 50.5 Å². The third kappa shape index (κ3) is 5.01. The van der Waals surface area contributed by atoms with Crippen LogP contribution >= 0.6 is 0 Å². The number of carbonyl (C=O) groups excluding carboxylic acids is 3. The van der Waals surface area contributed by atoms with Crippen LogP contribution in [0.25, 0.3) is 0 Å². The molecule has 1 aliphatic heterocycles. The number of urea groups is 1. The number of ether oxygens (including phenoxy) is 2. The number of hydrogen-bond acceptors (Lipinski definition) is 5. The second kappa shape index (κ2) is 9.88. The molecule has 1 aromatic rings. The van der Waals surface area contributed by atoms with Gasteiger partial charge in [-0.2, -0.15) is 13.2 Å². The van der Waals surface area contributed by atoms with Crippen molar-refractivity contribution in [1.29, 1.82) is 0 Å². The van der Waals surface area contributed by atoms with Crippen LogP contribution in [-0.4, -0.2) is 48.8 Å². The Labute approximate surface area is 189 Å². The minimum atomic E-state index is -5.24. The molecule has 3 rings (SSSR count). The van der Waals surface area contributed by atoms with Crippen LogP contribution in [0, 0.1) is 5.92 Å². The van der Waals surface area contributed by atoms with Crippen molar-refractivity contribution in [2.45, 2.75) is 63.3 Å². The summed E-state index contributed by atoms with van der Waals surface area (Å²) in [6.45, 7) is -0.499. The summed E-state index contributed by atoms with van der Waals surface area (Å²) in [6, 6.07) is 3.35. The second-order valence-corrected chi connectivity index (χ2v) is 8.31. The van der Waals surface area contributed by atoms with Gasteiger partial charge in [0.05, 0.1) is 20.8 Å². The number of amides is 4. The van der Waals surface area contributed by atoms with E-state index in [-0.39, 0.29) is 23.7 Å². The molecule has 4 amide bonds. The average molecular weight is 471 g/mol. The number of benzene rings is 1. The molecule has 0 unspecified atom stereocenters. The van der Waals surface area contributed by atoms with E-state index in [1.165, 1.54) is 20.3 Å². The molecular weight excluding hydrogens is 443 g/mol. The van der Waals surface area contributed by atoms with Gasteiger partial charge in [-0.3, -0.25) is 19.8 Å². The first-order valence-corrected chi connectivity index (χ1v) is 10.8. The lowest BCUT2D eigenvalue weighted by atomic mass is 9.86. The highest BCUT2D eigenvalue weighted by atomic mass is 19.4. The van der Waals surface area contributed by atoms with Crippen LogP contribution in [0.3, 0.4) is 0 Å². The number of methoxy groups -OCH3 is 2. The molecule has 1 saturated heterocycles. The predicted octanol–water partition coefficient (Wildman–Crippen LogP) is 3.49. The van der Waals surface area contributed by atoms with E-state index in [1.54, 1.807) is 22.8 Å². The first kappa shape index (κ1) is 24.7. The molecule has 33 heavy (non-hydrogen) atoms. The maximum Gasteiger partial charge on any atom is 0.440 e. The van der Waals surface area contributed by atoms with Crippen LogP contribution in [0.15, 0.2) is 18.2 Å². The van der Waals surface area contributed by atoms with Crippen LogP contribution in [0.4, 0.5) is 18.0 Å². The molecule has 2 fully saturated rings. The van der Waals surface area contributed by atoms with E-state index in [0.29, 0.717) is 17.1 Å². The summed E-state index contributed by atoms with van der Waals surface area (Å²) in [6.07, 6.45) is 0.100. The van der Waals surface area contributed by atoms with Gasteiger partial charge in [-0.15, -0.1) is 0 Å². The lowest BCUT2D eigenvalue weighted by Gasteiger charge is -2.30. The van der Waals surface area contributed by atoms with Crippen molar-refractivity contribution in [3.05, 3.63) is 23.8 Å². The van der Waals surface area contributed by atoms with Crippen LogP contribution in [0.5, 0.6) is 11.5 Å². The molecule has 2 N–H and O–H groups in total. The minimum Gasteiger partial charge on any atom is -0.493 e. The molecule has 1 heterocycles. The predicted molar refractivity (Wildman–Crippen MR) is 111 cm³/mol. The first-order chi connectivity index (χ1) is 15.6. The lowest BCUT2D eigenvalue weighted by molar-refractivity contribution is -0.204. The number of halogens is 3. The normalized spacial score (nSPS) is 21.7. The van der Waals surface area contributed by atoms with Gasteiger partial charge in [-0.05, 0) is 18.4 Å². The maximum absolute atomic E-state index is 14.0. The molecule has 0 aromatic heterocycles. The number of carbonyl (C=O) groups is 3. The number of imide groups is 1. The van der Waals surface area contributed by atoms with E-state index in [0.717, 1.165) is 32.1 Å². The van der Waals surface area contributed by atoms with Gasteiger partial charge in [0, 0.05) is 12.0 Å². The minimum absolute atomic E-state index is 0.157. The van der Waals surface area contributed by atoms with E-state index in [9.17, 15) is 27.6 Å². The van der Waals surface area contributed by atoms with Gasteiger partial charge in [0.2, 0.25) is 5.91 Å². The number of para-hydroxylation sites is 1. The van der Waals surface area contributed by atoms with Gasteiger partial charge in [0.1, 0.15) is 0 Å². The molecule has 8 nitrogen and oxygen atoms in total. The highest BCUT2D eigenvalue weighted by Gasteiger charge is 2.68. The Morgan fingerprint density at radius 1 is 1.18 bits per heavy atom. The molecule has 11 heteroatoms. The number of alkyl halides is 3. The number of nitrogens with zero attached hydrogens (tertiary/aromatic N) is 1. The Bertz CT molecular complexity index is 902. The second-order valence-electron chi connectivity index (χ2n) is 8.31. The standard InChI is InChI=1S/C22H28F3N3O5/c1-32-16-10-6-9-15(18(16)33-2)13-28-19(30)21(22(23,24)25,27-20(28)31)26-17(29)12-11-14-7-4-3-5-8-14/h6,9-10,14H,3-5,7-8,11-13H2,1-2H3,(H,26,29)(H,27,31)/t21-/m0/s1. The summed E-state index contributed by atoms with van der Waals surface area (Å²) in [5, 5.41) is 3.45. The largest absolute Gasteiger partial charge is 0.493 e. The summed E-state index contributed by atoms with van der Waals surface area (Å²) in [7, 11) is 2.71. The quantitative estimate of drug-likeness (QED) is 0.566. The maximum atomic E-state index is 14.0. The Morgan fingerprint density at radius 3 is 2.48 bits per heavy atom. The summed E-state index contributed by atoms with van der Waals surface area (Å²) < 4.78 is 52.5. The van der Waals surface area contributed by atoms with Crippen molar-refractivity contribution in [2.75, 3.05) is 14.2 Å². The molecule has 0 bridgehead atoms. The molecule has 1 atom stereocenters. The van der Waals surface area contributed by atoms with Crippen LogP contribution < -0.4 is 20.1 Å². The van der Waals surface area contributed by atoms with Crippen LogP contribution in [0.2, 0.25) is 0 Å². The van der Waals surface area contributed by atoms with E-state index in [2.05, 4.69) is 0 Å². The van der Waals surface area contributed by atoms with Gasteiger partial charge < -0.3 is 14.8 Å². The summed E-state index contributed by atoms with van der Waals surface area (Å²) >= 11 is 0. The number of hydrogen-bond donors (Lipinski definition) is 2. The molecule has 0 radical (unpaired) electrons. The Kier molecular flexibility index (Phi) is 7.38. The average Bonchev–Trinajstić information content (AvgIpc) is 3.03. The molecule has 0 spiro atoms. The summed E-state index contributed by atoms with van der Waals surface area (Å²) in [5.74, 6) is -1.79. The fourth-order valence-electron chi connectivity index (χ4n) is 4.40. The molecule has 1 saturated carbocycles. The van der Waals surface area contributed by atoms with Crippen molar-refractivity contribution < 1.29 is 37.0 Å². The zero-order chi connectivity index (χ0) is 24.2. The highest BCUT2D eigenvalue weighted by Crippen LogP contribution is 2.37. The Morgan fingerprint density at radius 2 is 1.88 bits per heavy atom. The smallest absolute Gasteiger partial charge is 0.440 e. The third-order valence-corrected chi connectivity index (χ3v) is 6.18. The van der Waals surface area contributed by atoms with E-state index in [4.69, 9.17) is 9.47 Å². The third-order valence-electron chi connectivity index (χ3n) is 6.18. The van der Waals surface area contributed by atoms with Crippen molar-refractivity contribution in [1.82, 2.24) is 15.5 Å². The SMILES string of the molecule is COc1cccc(CN2C(=O)N[C@](NC(=O)CCC3CCCCC3)(C(F)(F)F)C2=O)c1OC. The molecular formula is C22H28F3N3O5. The topological polar surface area (TPSA) is 97.0 Å². The highest BCUT2D eigenvalue weighted by molar-refractivity contribution is 6.08. The summed E-state index contributed by atoms with van der Waals surface area (Å²) in [5.41, 5.74) is -3.25. The van der Waals surface area contributed by atoms with Crippen molar-refractivity contribution in [3.63, 3.8) is 0 Å². The van der Waals surface area contributed by atoms with E-state index >= 15 is 0 Å².